The zero-order valence-electron chi connectivity index (χ0n) is 12.8. The van der Waals surface area contributed by atoms with Gasteiger partial charge in [0.25, 0.3) is 0 Å². The van der Waals surface area contributed by atoms with Crippen LogP contribution in [0.1, 0.15) is 12.6 Å². The lowest BCUT2D eigenvalue weighted by molar-refractivity contribution is -0.114. The molecule has 2 heterocycles. The van der Waals surface area contributed by atoms with Crippen molar-refractivity contribution in [3.05, 3.63) is 42.2 Å². The van der Waals surface area contributed by atoms with Gasteiger partial charge in [-0.25, -0.2) is 15.0 Å². The van der Waals surface area contributed by atoms with E-state index >= 15 is 0 Å². The number of aryl methyl sites for hydroxylation is 1. The molecular formula is C16H16N6O. The lowest BCUT2D eigenvalue weighted by atomic mass is 10.2. The van der Waals surface area contributed by atoms with Crippen LogP contribution in [-0.2, 0) is 4.79 Å². The molecule has 0 fully saturated rings. The number of nitrogens with zero attached hydrogens (tertiary/aromatic N) is 3. The molecular weight excluding hydrogens is 292 g/mol. The first-order valence-corrected chi connectivity index (χ1v) is 7.06. The van der Waals surface area contributed by atoms with Crippen molar-refractivity contribution in [2.45, 2.75) is 13.8 Å². The molecule has 0 saturated carbocycles. The number of rotatable bonds is 3. The van der Waals surface area contributed by atoms with Gasteiger partial charge in [0.1, 0.15) is 5.52 Å². The quantitative estimate of drug-likeness (QED) is 0.687. The summed E-state index contributed by atoms with van der Waals surface area (Å²) in [6, 6.07) is 9.09. The third kappa shape index (κ3) is 3.34. The SMILES string of the molecule is CC(=O)Nc1cccc(Nc2cnc3cc(N)c(C)nc3n2)c1. The van der Waals surface area contributed by atoms with Crippen molar-refractivity contribution in [3.63, 3.8) is 0 Å². The standard InChI is InChI=1S/C16H16N6O/c1-9-13(17)7-14-16(19-9)22-15(8-18-14)21-12-5-3-4-11(6-12)20-10(2)23/h3-8H,17H2,1-2H3,(H,20,23)(H,19,21,22). The van der Waals surface area contributed by atoms with Crippen LogP contribution in [0.2, 0.25) is 0 Å². The highest BCUT2D eigenvalue weighted by atomic mass is 16.1. The summed E-state index contributed by atoms with van der Waals surface area (Å²) in [7, 11) is 0. The predicted octanol–water partition coefficient (Wildman–Crippen LogP) is 2.62. The number of nitrogens with one attached hydrogen (secondary N) is 2. The molecule has 0 atom stereocenters. The highest BCUT2D eigenvalue weighted by Crippen LogP contribution is 2.21. The Bertz CT molecular complexity index is 893. The summed E-state index contributed by atoms with van der Waals surface area (Å²) in [5.41, 5.74) is 9.80. The van der Waals surface area contributed by atoms with E-state index in [9.17, 15) is 4.79 Å². The van der Waals surface area contributed by atoms with Gasteiger partial charge in [0.05, 0.1) is 17.6 Å². The smallest absolute Gasteiger partial charge is 0.221 e. The zero-order chi connectivity index (χ0) is 16.4. The Kier molecular flexibility index (Phi) is 3.76. The van der Waals surface area contributed by atoms with E-state index in [1.54, 1.807) is 12.3 Å². The number of pyridine rings is 1. The minimum Gasteiger partial charge on any atom is -0.397 e. The summed E-state index contributed by atoms with van der Waals surface area (Å²) in [6.07, 6.45) is 1.61. The topological polar surface area (TPSA) is 106 Å². The van der Waals surface area contributed by atoms with Gasteiger partial charge >= 0.3 is 0 Å². The number of hydrogen-bond acceptors (Lipinski definition) is 6. The second kappa shape index (κ2) is 5.88. The molecule has 1 amide bonds. The van der Waals surface area contributed by atoms with Crippen LogP contribution in [0.15, 0.2) is 36.5 Å². The van der Waals surface area contributed by atoms with E-state index < -0.39 is 0 Å². The summed E-state index contributed by atoms with van der Waals surface area (Å²) < 4.78 is 0. The number of carbonyl (C=O) groups is 1. The maximum atomic E-state index is 11.1. The summed E-state index contributed by atoms with van der Waals surface area (Å²) >= 11 is 0. The fourth-order valence-corrected chi connectivity index (χ4v) is 2.13. The van der Waals surface area contributed by atoms with Crippen LogP contribution >= 0.6 is 0 Å². The fourth-order valence-electron chi connectivity index (χ4n) is 2.13. The Balaban J connectivity index is 1.89. The zero-order valence-corrected chi connectivity index (χ0v) is 12.8. The van der Waals surface area contributed by atoms with Crippen molar-refractivity contribution in [1.82, 2.24) is 15.0 Å². The van der Waals surface area contributed by atoms with Crippen LogP contribution in [0.5, 0.6) is 0 Å². The van der Waals surface area contributed by atoms with E-state index in [-0.39, 0.29) is 5.91 Å². The molecule has 7 nitrogen and oxygen atoms in total. The second-order valence-corrected chi connectivity index (χ2v) is 5.15. The van der Waals surface area contributed by atoms with Crippen molar-refractivity contribution >= 4 is 40.0 Å². The lowest BCUT2D eigenvalue weighted by Crippen LogP contribution is -2.06. The van der Waals surface area contributed by atoms with Crippen LogP contribution in [0.4, 0.5) is 22.9 Å². The Morgan fingerprint density at radius 3 is 2.74 bits per heavy atom. The average Bonchev–Trinajstić information content (AvgIpc) is 2.48. The van der Waals surface area contributed by atoms with Crippen molar-refractivity contribution < 1.29 is 4.79 Å². The van der Waals surface area contributed by atoms with Crippen molar-refractivity contribution in [1.29, 1.82) is 0 Å². The summed E-state index contributed by atoms with van der Waals surface area (Å²) in [5, 5.41) is 5.88. The van der Waals surface area contributed by atoms with E-state index in [4.69, 9.17) is 5.73 Å². The Labute approximate surface area is 133 Å². The highest BCUT2D eigenvalue weighted by Gasteiger charge is 2.05. The molecule has 0 spiro atoms. The summed E-state index contributed by atoms with van der Waals surface area (Å²) in [4.78, 5) is 24.2. The van der Waals surface area contributed by atoms with E-state index in [1.807, 2.05) is 31.2 Å². The van der Waals surface area contributed by atoms with Gasteiger partial charge in [-0.3, -0.25) is 4.79 Å². The number of nitrogen functional groups attached to an aromatic ring is 1. The number of anilines is 4. The molecule has 3 aromatic rings. The minimum absolute atomic E-state index is 0.120. The number of aromatic nitrogens is 3. The van der Waals surface area contributed by atoms with Crippen LogP contribution < -0.4 is 16.4 Å². The van der Waals surface area contributed by atoms with Gasteiger partial charge in [-0.05, 0) is 31.2 Å². The van der Waals surface area contributed by atoms with E-state index in [0.717, 1.165) is 11.4 Å². The average molecular weight is 308 g/mol. The van der Waals surface area contributed by atoms with E-state index in [2.05, 4.69) is 25.6 Å². The molecule has 0 aliphatic heterocycles. The predicted molar refractivity (Wildman–Crippen MR) is 90.5 cm³/mol. The number of fused-ring (bicyclic) bond motifs is 1. The Hall–Kier alpha value is -3.22. The molecule has 23 heavy (non-hydrogen) atoms. The molecule has 0 unspecified atom stereocenters. The summed E-state index contributed by atoms with van der Waals surface area (Å²) in [5.74, 6) is 0.444. The number of nitrogens with two attached hydrogens (primary N) is 1. The molecule has 1 aromatic carbocycles. The number of carbonyl (C=O) groups excluding carboxylic acids is 1. The first kappa shape index (κ1) is 14.7. The van der Waals surface area contributed by atoms with Crippen LogP contribution in [0.25, 0.3) is 11.2 Å². The van der Waals surface area contributed by atoms with Gasteiger partial charge in [0, 0.05) is 18.3 Å². The van der Waals surface area contributed by atoms with Crippen molar-refractivity contribution in [2.75, 3.05) is 16.4 Å². The fraction of sp³-hybridized carbons (Fsp3) is 0.125. The van der Waals surface area contributed by atoms with Crippen molar-refractivity contribution in [2.24, 2.45) is 0 Å². The molecule has 7 heteroatoms. The van der Waals surface area contributed by atoms with Gasteiger partial charge in [0.2, 0.25) is 5.91 Å². The molecule has 116 valence electrons. The van der Waals surface area contributed by atoms with Gasteiger partial charge in [-0.2, -0.15) is 0 Å². The van der Waals surface area contributed by atoms with Crippen LogP contribution in [0.3, 0.4) is 0 Å². The third-order valence-electron chi connectivity index (χ3n) is 3.22. The maximum absolute atomic E-state index is 11.1. The molecule has 4 N–H and O–H groups in total. The van der Waals surface area contributed by atoms with E-state index in [0.29, 0.717) is 28.4 Å². The minimum atomic E-state index is -0.120. The Morgan fingerprint density at radius 1 is 1.17 bits per heavy atom. The van der Waals surface area contributed by atoms with Crippen LogP contribution in [-0.4, -0.2) is 20.9 Å². The molecule has 0 radical (unpaired) electrons. The molecule has 0 aliphatic carbocycles. The van der Waals surface area contributed by atoms with Crippen molar-refractivity contribution in [3.8, 4) is 0 Å². The third-order valence-corrected chi connectivity index (χ3v) is 3.22. The van der Waals surface area contributed by atoms with Gasteiger partial charge in [-0.15, -0.1) is 0 Å². The molecule has 3 rings (SSSR count). The normalized spacial score (nSPS) is 10.5. The van der Waals surface area contributed by atoms with Crippen LogP contribution in [0, 0.1) is 6.92 Å². The van der Waals surface area contributed by atoms with Gasteiger partial charge < -0.3 is 16.4 Å². The number of hydrogen-bond donors (Lipinski definition) is 3. The monoisotopic (exact) mass is 308 g/mol. The highest BCUT2D eigenvalue weighted by molar-refractivity contribution is 5.89. The molecule has 0 bridgehead atoms. The lowest BCUT2D eigenvalue weighted by Gasteiger charge is -2.09. The van der Waals surface area contributed by atoms with E-state index in [1.165, 1.54) is 6.92 Å². The van der Waals surface area contributed by atoms with Gasteiger partial charge in [0.15, 0.2) is 11.5 Å². The van der Waals surface area contributed by atoms with Gasteiger partial charge in [-0.1, -0.05) is 6.07 Å². The second-order valence-electron chi connectivity index (χ2n) is 5.15. The maximum Gasteiger partial charge on any atom is 0.221 e. The first-order valence-electron chi connectivity index (χ1n) is 7.06. The Morgan fingerprint density at radius 2 is 1.96 bits per heavy atom. The number of amides is 1. The first-order chi connectivity index (χ1) is 11.0. The molecule has 0 saturated heterocycles. The number of benzene rings is 1. The molecule has 2 aromatic heterocycles. The largest absolute Gasteiger partial charge is 0.397 e. The molecule has 0 aliphatic rings. The summed E-state index contributed by atoms with van der Waals surface area (Å²) in [6.45, 7) is 3.29.